The highest BCUT2D eigenvalue weighted by Gasteiger charge is 2.25. The molecule has 1 N–H and O–H groups in total. The molecule has 3 aliphatic rings. The number of halogens is 2. The fourth-order valence-corrected chi connectivity index (χ4v) is 5.12. The van der Waals surface area contributed by atoms with Crippen molar-refractivity contribution in [1.82, 2.24) is 24.9 Å². The molecule has 2 saturated carbocycles. The number of ether oxygens (including phenoxy) is 1. The first-order valence-corrected chi connectivity index (χ1v) is 11.7. The molecule has 9 heteroatoms. The number of anilines is 1. The summed E-state index contributed by atoms with van der Waals surface area (Å²) in [6.07, 6.45) is 12.7. The molecule has 174 valence electrons. The molecule has 2 aromatic heterocycles. The molecule has 1 unspecified atom stereocenters. The molecule has 2 aliphatic carbocycles. The zero-order valence-electron chi connectivity index (χ0n) is 18.5. The number of fused-ring (bicyclic) bond motifs is 1. The summed E-state index contributed by atoms with van der Waals surface area (Å²) in [5.41, 5.74) is 0. The first kappa shape index (κ1) is 24.3. The highest BCUT2D eigenvalue weighted by molar-refractivity contribution is 5.85. The van der Waals surface area contributed by atoms with Crippen LogP contribution in [0, 0.1) is 0 Å². The second-order valence-corrected chi connectivity index (χ2v) is 9.15. The van der Waals surface area contributed by atoms with Crippen LogP contribution in [0.15, 0.2) is 6.07 Å². The predicted molar refractivity (Wildman–Crippen MR) is 128 cm³/mol. The van der Waals surface area contributed by atoms with E-state index in [-0.39, 0.29) is 30.9 Å². The molecular formula is C22H36Cl2N6O. The lowest BCUT2D eigenvalue weighted by Crippen LogP contribution is -2.49. The third kappa shape index (κ3) is 5.55. The van der Waals surface area contributed by atoms with Crippen LogP contribution in [0.1, 0.15) is 82.9 Å². The van der Waals surface area contributed by atoms with E-state index < -0.39 is 0 Å². The molecule has 7 nitrogen and oxygen atoms in total. The van der Waals surface area contributed by atoms with Crippen LogP contribution in [0.2, 0.25) is 0 Å². The van der Waals surface area contributed by atoms with Crippen LogP contribution in [-0.2, 0) is 0 Å². The Bertz CT molecular complexity index is 835. The molecule has 3 fully saturated rings. The topological polar surface area (TPSA) is 67.6 Å². The first-order chi connectivity index (χ1) is 14.3. The fraction of sp³-hybridized carbons (Fsp3) is 0.773. The molecule has 0 radical (unpaired) electrons. The van der Waals surface area contributed by atoms with Crippen LogP contribution in [0.4, 0.5) is 5.82 Å². The monoisotopic (exact) mass is 470 g/mol. The van der Waals surface area contributed by atoms with E-state index >= 15 is 0 Å². The third-order valence-corrected chi connectivity index (χ3v) is 6.79. The Kier molecular flexibility index (Phi) is 8.65. The van der Waals surface area contributed by atoms with Gasteiger partial charge in [-0.05, 0) is 45.4 Å². The molecular weight excluding hydrogens is 435 g/mol. The van der Waals surface area contributed by atoms with Gasteiger partial charge >= 0.3 is 0 Å². The van der Waals surface area contributed by atoms with Gasteiger partial charge in [-0.15, -0.1) is 29.9 Å². The van der Waals surface area contributed by atoms with Crippen LogP contribution >= 0.6 is 24.8 Å². The zero-order chi connectivity index (χ0) is 19.6. The predicted octanol–water partition coefficient (Wildman–Crippen LogP) is 4.53. The van der Waals surface area contributed by atoms with E-state index in [1.54, 1.807) is 0 Å². The molecule has 0 aromatic carbocycles. The van der Waals surface area contributed by atoms with E-state index in [0.717, 1.165) is 50.0 Å². The zero-order valence-corrected chi connectivity index (χ0v) is 20.1. The van der Waals surface area contributed by atoms with Gasteiger partial charge in [-0.25, -0.2) is 0 Å². The van der Waals surface area contributed by atoms with Crippen molar-refractivity contribution in [3.8, 4) is 5.88 Å². The highest BCUT2D eigenvalue weighted by Crippen LogP contribution is 2.32. The van der Waals surface area contributed by atoms with Crippen molar-refractivity contribution < 1.29 is 4.74 Å². The summed E-state index contributed by atoms with van der Waals surface area (Å²) in [6, 6.07) is 2.55. The summed E-state index contributed by atoms with van der Waals surface area (Å²) in [5, 5.41) is 8.40. The average molecular weight is 471 g/mol. The maximum absolute atomic E-state index is 6.51. The van der Waals surface area contributed by atoms with Crippen LogP contribution < -0.4 is 15.0 Å². The van der Waals surface area contributed by atoms with E-state index in [9.17, 15) is 0 Å². The first-order valence-electron chi connectivity index (χ1n) is 11.7. The van der Waals surface area contributed by atoms with Crippen molar-refractivity contribution in [1.29, 1.82) is 0 Å². The molecule has 0 spiro atoms. The molecule has 31 heavy (non-hydrogen) atoms. The van der Waals surface area contributed by atoms with Gasteiger partial charge in [0, 0.05) is 37.7 Å². The maximum Gasteiger partial charge on any atom is 0.257 e. The molecule has 0 bridgehead atoms. The molecule has 5 rings (SSSR count). The van der Waals surface area contributed by atoms with Gasteiger partial charge in [-0.2, -0.15) is 14.5 Å². The van der Waals surface area contributed by atoms with Crippen LogP contribution in [-0.4, -0.2) is 51.4 Å². The molecule has 0 amide bonds. The maximum atomic E-state index is 6.51. The van der Waals surface area contributed by atoms with Crippen molar-refractivity contribution in [3.05, 3.63) is 11.9 Å². The standard InChI is InChI=1S/C22H34N6O.2ClH/c1-16-15-27(13-12-23-16)19-14-20(29-18-10-6-3-7-11-18)28-22(24-19)25-21(26-28)17-8-4-2-5-9-17;;/h14,16-18,23H,2-13,15H2,1H3;2*1H. The quantitative estimate of drug-likeness (QED) is 0.707. The molecule has 3 heterocycles. The third-order valence-electron chi connectivity index (χ3n) is 6.79. The van der Waals surface area contributed by atoms with Crippen molar-refractivity contribution >= 4 is 36.4 Å². The number of hydrogen-bond donors (Lipinski definition) is 1. The number of rotatable bonds is 4. The van der Waals surface area contributed by atoms with Gasteiger partial charge in [0.15, 0.2) is 5.82 Å². The van der Waals surface area contributed by atoms with Gasteiger partial charge in [-0.3, -0.25) is 0 Å². The number of nitrogens with zero attached hydrogens (tertiary/aromatic N) is 5. The normalized spacial score (nSPS) is 23.3. The minimum Gasteiger partial charge on any atom is -0.474 e. The Balaban J connectivity index is 0.00000136. The van der Waals surface area contributed by atoms with Crippen LogP contribution in [0.3, 0.4) is 0 Å². The molecule has 1 saturated heterocycles. The summed E-state index contributed by atoms with van der Waals surface area (Å²) in [4.78, 5) is 12.1. The van der Waals surface area contributed by atoms with E-state index in [0.29, 0.717) is 17.7 Å². The summed E-state index contributed by atoms with van der Waals surface area (Å²) in [6.45, 7) is 5.12. The Labute approximate surface area is 197 Å². The van der Waals surface area contributed by atoms with Crippen molar-refractivity contribution in [2.45, 2.75) is 89.2 Å². The van der Waals surface area contributed by atoms with Gasteiger partial charge in [0.05, 0.1) is 0 Å². The number of nitrogens with one attached hydrogen (secondary N) is 1. The summed E-state index contributed by atoms with van der Waals surface area (Å²) < 4.78 is 8.37. The number of piperazine rings is 1. The second kappa shape index (κ2) is 11.0. The largest absolute Gasteiger partial charge is 0.474 e. The Hall–Kier alpha value is -1.31. The van der Waals surface area contributed by atoms with E-state index in [4.69, 9.17) is 19.8 Å². The van der Waals surface area contributed by atoms with Crippen LogP contribution in [0.25, 0.3) is 5.78 Å². The second-order valence-electron chi connectivity index (χ2n) is 9.15. The summed E-state index contributed by atoms with van der Waals surface area (Å²) in [7, 11) is 0. The number of hydrogen-bond acceptors (Lipinski definition) is 6. The summed E-state index contributed by atoms with van der Waals surface area (Å²) >= 11 is 0. The van der Waals surface area contributed by atoms with Gasteiger partial charge in [0.1, 0.15) is 11.9 Å². The number of aromatic nitrogens is 4. The molecule has 2 aromatic rings. The van der Waals surface area contributed by atoms with Gasteiger partial charge < -0.3 is 15.0 Å². The minimum absolute atomic E-state index is 0. The van der Waals surface area contributed by atoms with E-state index in [1.807, 2.05) is 4.52 Å². The summed E-state index contributed by atoms with van der Waals surface area (Å²) in [5.74, 6) is 3.91. The van der Waals surface area contributed by atoms with Gasteiger partial charge in [0.25, 0.3) is 5.78 Å². The van der Waals surface area contributed by atoms with Crippen molar-refractivity contribution in [2.24, 2.45) is 0 Å². The van der Waals surface area contributed by atoms with E-state index in [1.165, 1.54) is 51.4 Å². The Morgan fingerprint density at radius 2 is 1.68 bits per heavy atom. The molecule has 1 aliphatic heterocycles. The van der Waals surface area contributed by atoms with Gasteiger partial charge in [0.2, 0.25) is 5.88 Å². The lowest BCUT2D eigenvalue weighted by Gasteiger charge is -2.33. The fourth-order valence-electron chi connectivity index (χ4n) is 5.12. The van der Waals surface area contributed by atoms with Gasteiger partial charge in [-0.1, -0.05) is 25.7 Å². The lowest BCUT2D eigenvalue weighted by molar-refractivity contribution is 0.145. The SMILES string of the molecule is CC1CN(c2cc(OC3CCCCC3)n3nc(C4CCCCC4)nc3n2)CCN1.Cl.Cl. The van der Waals surface area contributed by atoms with Crippen molar-refractivity contribution in [2.75, 3.05) is 24.5 Å². The highest BCUT2D eigenvalue weighted by atomic mass is 35.5. The van der Waals surface area contributed by atoms with Crippen molar-refractivity contribution in [3.63, 3.8) is 0 Å². The lowest BCUT2D eigenvalue weighted by atomic mass is 9.89. The van der Waals surface area contributed by atoms with Crippen LogP contribution in [0.5, 0.6) is 5.88 Å². The molecule has 1 atom stereocenters. The minimum atomic E-state index is 0. The smallest absolute Gasteiger partial charge is 0.257 e. The average Bonchev–Trinajstić information content (AvgIpc) is 3.20. The Morgan fingerprint density at radius 3 is 2.39 bits per heavy atom. The Morgan fingerprint density at radius 1 is 0.968 bits per heavy atom. The van der Waals surface area contributed by atoms with E-state index in [2.05, 4.69) is 23.2 Å².